The maximum absolute atomic E-state index is 10.6. The third-order valence-electron chi connectivity index (χ3n) is 6.19. The highest BCUT2D eigenvalue weighted by Crippen LogP contribution is 2.37. The lowest BCUT2D eigenvalue weighted by Crippen LogP contribution is -2.66. The lowest BCUT2D eigenvalue weighted by molar-refractivity contribution is -0.00162. The Morgan fingerprint density at radius 3 is 2.16 bits per heavy atom. The van der Waals surface area contributed by atoms with Gasteiger partial charge in [0.15, 0.2) is 0 Å². The first-order valence-electron chi connectivity index (χ1n) is 11.1. The topological polar surface area (TPSA) is 38.7 Å². The van der Waals surface area contributed by atoms with Crippen LogP contribution in [0.25, 0.3) is 0 Å². The van der Waals surface area contributed by atoms with Gasteiger partial charge in [-0.25, -0.2) is 0 Å². The van der Waals surface area contributed by atoms with Crippen LogP contribution in [0.4, 0.5) is 0 Å². The van der Waals surface area contributed by atoms with E-state index in [1.165, 1.54) is 10.4 Å². The molecule has 3 rings (SSSR count). The molecule has 1 fully saturated rings. The zero-order valence-electron chi connectivity index (χ0n) is 18.8. The van der Waals surface area contributed by atoms with Crippen LogP contribution in [-0.4, -0.2) is 43.2 Å². The molecule has 0 spiro atoms. The lowest BCUT2D eigenvalue weighted by atomic mass is 10.1. The van der Waals surface area contributed by atoms with Gasteiger partial charge in [-0.1, -0.05) is 103 Å². The number of allylic oxidation sites excluding steroid dienone is 1. The van der Waals surface area contributed by atoms with Crippen LogP contribution in [0.2, 0.25) is 5.04 Å². The maximum atomic E-state index is 10.6. The molecule has 1 aliphatic rings. The van der Waals surface area contributed by atoms with E-state index in [-0.39, 0.29) is 22.1 Å². The minimum atomic E-state index is -2.55. The molecule has 1 N–H and O–H groups in total. The van der Waals surface area contributed by atoms with Gasteiger partial charge in [-0.05, 0) is 28.3 Å². The SMILES string of the molecule is C=CC[C@@H](Br)[C@H]1C[C@@H](O)[C@@H](CCO[Si](c2ccccc2)(c2ccccc2)C(C)(C)C)O1. The third-order valence-corrected chi connectivity index (χ3v) is 12.2. The standard InChI is InChI=1S/C26H35BrO3Si/c1-5-12-22(27)25-19-23(28)24(30-25)17-18-29-31(26(2,3)4,20-13-8-6-9-14-20)21-15-10-7-11-16-21/h5-11,13-16,22-25,28H,1,12,17-19H2,2-4H3/t22-,23-,24-,25-/m1/s1. The van der Waals surface area contributed by atoms with Gasteiger partial charge in [0, 0.05) is 17.9 Å². The van der Waals surface area contributed by atoms with Crippen molar-refractivity contribution in [2.45, 2.75) is 68.2 Å². The van der Waals surface area contributed by atoms with E-state index in [0.717, 1.165) is 6.42 Å². The molecule has 1 aliphatic heterocycles. The first-order chi connectivity index (χ1) is 14.8. The number of benzene rings is 2. The average Bonchev–Trinajstić information content (AvgIpc) is 3.12. The summed E-state index contributed by atoms with van der Waals surface area (Å²) in [5.74, 6) is 0. The lowest BCUT2D eigenvalue weighted by Gasteiger charge is -2.43. The zero-order valence-corrected chi connectivity index (χ0v) is 21.4. The van der Waals surface area contributed by atoms with Crippen molar-refractivity contribution in [2.75, 3.05) is 6.61 Å². The molecule has 1 saturated heterocycles. The minimum absolute atomic E-state index is 0.00543. The average molecular weight is 504 g/mol. The minimum Gasteiger partial charge on any atom is -0.407 e. The molecule has 0 aromatic heterocycles. The molecule has 168 valence electrons. The summed E-state index contributed by atoms with van der Waals surface area (Å²) in [5, 5.41) is 13.1. The van der Waals surface area contributed by atoms with Crippen molar-refractivity contribution in [3.05, 3.63) is 73.3 Å². The zero-order chi connectivity index (χ0) is 22.5. The summed E-state index contributed by atoms with van der Waals surface area (Å²) in [6.07, 6.45) is 3.37. The number of halogens is 1. The summed E-state index contributed by atoms with van der Waals surface area (Å²) in [7, 11) is -2.55. The van der Waals surface area contributed by atoms with Gasteiger partial charge in [-0.2, -0.15) is 0 Å². The predicted molar refractivity (Wildman–Crippen MR) is 135 cm³/mol. The van der Waals surface area contributed by atoms with E-state index in [4.69, 9.17) is 9.16 Å². The highest BCUT2D eigenvalue weighted by molar-refractivity contribution is 9.09. The van der Waals surface area contributed by atoms with E-state index >= 15 is 0 Å². The molecule has 0 radical (unpaired) electrons. The first-order valence-corrected chi connectivity index (χ1v) is 14.0. The van der Waals surface area contributed by atoms with Crippen LogP contribution in [0, 0.1) is 0 Å². The molecular weight excluding hydrogens is 468 g/mol. The van der Waals surface area contributed by atoms with Gasteiger partial charge in [-0.15, -0.1) is 6.58 Å². The molecule has 2 aromatic carbocycles. The monoisotopic (exact) mass is 502 g/mol. The Morgan fingerprint density at radius 1 is 1.13 bits per heavy atom. The molecule has 3 nitrogen and oxygen atoms in total. The second-order valence-electron chi connectivity index (χ2n) is 9.36. The summed E-state index contributed by atoms with van der Waals surface area (Å²) in [4.78, 5) is 0.183. The summed E-state index contributed by atoms with van der Waals surface area (Å²) in [5.41, 5.74) is 0. The van der Waals surface area contributed by atoms with Crippen molar-refractivity contribution in [2.24, 2.45) is 0 Å². The normalized spacial score (nSPS) is 22.9. The molecule has 0 saturated carbocycles. The Kier molecular flexibility index (Phi) is 8.33. The molecular formula is C26H35BrO3Si. The largest absolute Gasteiger partial charge is 0.407 e. The van der Waals surface area contributed by atoms with Crippen molar-refractivity contribution in [3.8, 4) is 0 Å². The Hall–Kier alpha value is -1.24. The molecule has 0 bridgehead atoms. The number of hydrogen-bond acceptors (Lipinski definition) is 3. The summed E-state index contributed by atoms with van der Waals surface area (Å²) < 4.78 is 13.1. The van der Waals surface area contributed by atoms with Crippen LogP contribution in [0.1, 0.15) is 40.0 Å². The van der Waals surface area contributed by atoms with Crippen LogP contribution in [0.15, 0.2) is 73.3 Å². The van der Waals surface area contributed by atoms with Gasteiger partial charge in [0.25, 0.3) is 8.32 Å². The van der Waals surface area contributed by atoms with Gasteiger partial charge < -0.3 is 14.3 Å². The van der Waals surface area contributed by atoms with E-state index in [1.54, 1.807) is 0 Å². The number of aliphatic hydroxyl groups excluding tert-OH is 1. The van der Waals surface area contributed by atoms with Gasteiger partial charge in [0.2, 0.25) is 0 Å². The van der Waals surface area contributed by atoms with Gasteiger partial charge in [0.05, 0.1) is 18.3 Å². The smallest absolute Gasteiger partial charge is 0.261 e. The van der Waals surface area contributed by atoms with Crippen LogP contribution in [0.5, 0.6) is 0 Å². The van der Waals surface area contributed by atoms with Gasteiger partial charge in [0.1, 0.15) is 0 Å². The molecule has 31 heavy (non-hydrogen) atoms. The molecule has 0 unspecified atom stereocenters. The van der Waals surface area contributed by atoms with Crippen LogP contribution < -0.4 is 10.4 Å². The fraction of sp³-hybridized carbons (Fsp3) is 0.462. The van der Waals surface area contributed by atoms with Crippen LogP contribution >= 0.6 is 15.9 Å². The number of hydrogen-bond donors (Lipinski definition) is 1. The van der Waals surface area contributed by atoms with Crippen molar-refractivity contribution in [1.29, 1.82) is 0 Å². The van der Waals surface area contributed by atoms with Gasteiger partial charge >= 0.3 is 0 Å². The number of ether oxygens (including phenoxy) is 1. The summed E-state index contributed by atoms with van der Waals surface area (Å²) in [6, 6.07) is 21.3. The molecule has 5 heteroatoms. The highest BCUT2D eigenvalue weighted by Gasteiger charge is 2.50. The quantitative estimate of drug-likeness (QED) is 0.303. The Balaban J connectivity index is 1.81. The molecule has 4 atom stereocenters. The van der Waals surface area contributed by atoms with E-state index in [2.05, 4.69) is 104 Å². The summed E-state index contributed by atoms with van der Waals surface area (Å²) in [6.45, 7) is 11.2. The van der Waals surface area contributed by atoms with E-state index < -0.39 is 14.4 Å². The van der Waals surface area contributed by atoms with Crippen LogP contribution in [-0.2, 0) is 9.16 Å². The second kappa shape index (κ2) is 10.6. The van der Waals surface area contributed by atoms with E-state index in [9.17, 15) is 5.11 Å². The molecule has 1 heterocycles. The Bertz CT molecular complexity index is 782. The molecule has 2 aromatic rings. The predicted octanol–water partition coefficient (Wildman–Crippen LogP) is 4.81. The second-order valence-corrected chi connectivity index (χ2v) is 14.8. The molecule has 0 amide bonds. The fourth-order valence-electron chi connectivity index (χ4n) is 4.65. The number of alkyl halides is 1. The molecule has 0 aliphatic carbocycles. The summed E-state index contributed by atoms with van der Waals surface area (Å²) >= 11 is 3.68. The van der Waals surface area contributed by atoms with Crippen molar-refractivity contribution in [3.63, 3.8) is 0 Å². The fourth-order valence-corrected chi connectivity index (χ4v) is 9.84. The maximum Gasteiger partial charge on any atom is 0.261 e. The number of aliphatic hydroxyl groups is 1. The third kappa shape index (κ3) is 5.40. The van der Waals surface area contributed by atoms with E-state index in [0.29, 0.717) is 19.4 Å². The Labute approximate surface area is 196 Å². The van der Waals surface area contributed by atoms with Crippen molar-refractivity contribution >= 4 is 34.6 Å². The van der Waals surface area contributed by atoms with Gasteiger partial charge in [-0.3, -0.25) is 0 Å². The van der Waals surface area contributed by atoms with Crippen molar-refractivity contribution < 1.29 is 14.3 Å². The Morgan fingerprint density at radius 2 is 1.68 bits per heavy atom. The highest BCUT2D eigenvalue weighted by atomic mass is 79.9. The van der Waals surface area contributed by atoms with Crippen LogP contribution in [0.3, 0.4) is 0 Å². The number of rotatable bonds is 9. The first kappa shape index (κ1) is 24.4. The van der Waals surface area contributed by atoms with E-state index in [1.807, 2.05) is 6.08 Å². The van der Waals surface area contributed by atoms with Crippen molar-refractivity contribution in [1.82, 2.24) is 0 Å².